The average Bonchev–Trinajstić information content (AvgIpc) is 2.78. The number of amides is 2. The topological polar surface area (TPSA) is 111 Å². The van der Waals surface area contributed by atoms with Crippen LogP contribution in [-0.2, 0) is 16.1 Å². The molecule has 1 aromatic heterocycles. The van der Waals surface area contributed by atoms with Crippen LogP contribution in [0.1, 0.15) is 5.56 Å². The molecule has 0 unspecified atom stereocenters. The van der Waals surface area contributed by atoms with E-state index in [4.69, 9.17) is 14.6 Å². The summed E-state index contributed by atoms with van der Waals surface area (Å²) in [5.74, 6) is -2.54. The number of carbonyl (C=O) groups is 3. The molecule has 0 aliphatic heterocycles. The third kappa shape index (κ3) is 4.70. The highest BCUT2D eigenvalue weighted by Crippen LogP contribution is 2.06. The Balaban J connectivity index is 2.68. The van der Waals surface area contributed by atoms with Gasteiger partial charge in [0.2, 0.25) is 0 Å². The molecule has 1 aromatic rings. The number of furan rings is 1. The van der Waals surface area contributed by atoms with Gasteiger partial charge in [0, 0.05) is 12.6 Å². The Morgan fingerprint density at radius 2 is 1.79 bits per heavy atom. The summed E-state index contributed by atoms with van der Waals surface area (Å²) in [5.41, 5.74) is 0.724. The monoisotopic (exact) mass is 270 g/mol. The van der Waals surface area contributed by atoms with Crippen molar-refractivity contribution in [2.45, 2.75) is 6.54 Å². The molecule has 0 atom stereocenters. The molecule has 2 amide bonds. The van der Waals surface area contributed by atoms with Gasteiger partial charge in [-0.15, -0.1) is 0 Å². The predicted octanol–water partition coefficient (Wildman–Crippen LogP) is 0.303. The summed E-state index contributed by atoms with van der Waals surface area (Å²) in [6.07, 6.45) is 2.89. The Hall–Kier alpha value is -2.51. The van der Waals surface area contributed by atoms with Crippen molar-refractivity contribution >= 4 is 18.0 Å². The minimum Gasteiger partial charge on any atom is -0.480 e. The van der Waals surface area contributed by atoms with Crippen molar-refractivity contribution < 1.29 is 29.0 Å². The number of carboxylic acids is 2. The minimum absolute atomic E-state index is 0.199. The number of carboxylic acid groups (broad SMARTS) is 2. The van der Waals surface area contributed by atoms with Gasteiger partial charge in [0.15, 0.2) is 0 Å². The van der Waals surface area contributed by atoms with E-state index in [-0.39, 0.29) is 6.54 Å². The zero-order valence-electron chi connectivity index (χ0n) is 10.3. The number of urea groups is 1. The van der Waals surface area contributed by atoms with Gasteiger partial charge in [-0.2, -0.15) is 0 Å². The van der Waals surface area contributed by atoms with Crippen LogP contribution in [0.3, 0.4) is 0 Å². The van der Waals surface area contributed by atoms with Crippen LogP contribution in [-0.4, -0.2) is 58.1 Å². The van der Waals surface area contributed by atoms with Crippen LogP contribution in [0, 0.1) is 0 Å². The van der Waals surface area contributed by atoms with Gasteiger partial charge in [0.1, 0.15) is 13.1 Å². The van der Waals surface area contributed by atoms with Gasteiger partial charge in [-0.3, -0.25) is 9.59 Å². The third-order valence-electron chi connectivity index (χ3n) is 2.25. The van der Waals surface area contributed by atoms with Gasteiger partial charge in [0.05, 0.1) is 19.1 Å². The molecule has 0 saturated carbocycles. The Morgan fingerprint density at radius 1 is 1.21 bits per heavy atom. The molecule has 0 bridgehead atoms. The molecule has 0 spiro atoms. The highest BCUT2D eigenvalue weighted by molar-refractivity contribution is 5.84. The molecule has 8 nitrogen and oxygen atoms in total. The number of nitrogens with zero attached hydrogens (tertiary/aromatic N) is 2. The SMILES string of the molecule is CN(Cc1ccoc1)C(=O)N(CC(=O)O)CC(=O)O. The zero-order valence-corrected chi connectivity index (χ0v) is 10.3. The first kappa shape index (κ1) is 14.6. The lowest BCUT2D eigenvalue weighted by Gasteiger charge is -2.25. The number of carbonyl (C=O) groups excluding carboxylic acids is 1. The van der Waals surface area contributed by atoms with Gasteiger partial charge in [-0.1, -0.05) is 0 Å². The first-order valence-corrected chi connectivity index (χ1v) is 5.35. The molecule has 2 N–H and O–H groups in total. The fourth-order valence-corrected chi connectivity index (χ4v) is 1.48. The number of aliphatic carboxylic acids is 2. The van der Waals surface area contributed by atoms with Crippen LogP contribution in [0.25, 0.3) is 0 Å². The first-order chi connectivity index (χ1) is 8.90. The number of hydrogen-bond donors (Lipinski definition) is 2. The standard InChI is InChI=1S/C11H14N2O6/c1-12(4-8-2-3-19-7-8)11(18)13(5-9(14)15)6-10(16)17/h2-3,7H,4-6H2,1H3,(H,14,15)(H,16,17). The summed E-state index contributed by atoms with van der Waals surface area (Å²) < 4.78 is 4.84. The maximum absolute atomic E-state index is 11.9. The van der Waals surface area contributed by atoms with Gasteiger partial charge < -0.3 is 24.4 Å². The summed E-state index contributed by atoms with van der Waals surface area (Å²) in [7, 11) is 1.45. The van der Waals surface area contributed by atoms with E-state index in [2.05, 4.69) is 0 Å². The van der Waals surface area contributed by atoms with Gasteiger partial charge in [0.25, 0.3) is 0 Å². The van der Waals surface area contributed by atoms with E-state index in [0.29, 0.717) is 0 Å². The Labute approximate surface area is 108 Å². The van der Waals surface area contributed by atoms with Crippen molar-refractivity contribution in [2.24, 2.45) is 0 Å². The molecule has 0 aliphatic rings. The smallest absolute Gasteiger partial charge is 0.323 e. The lowest BCUT2D eigenvalue weighted by atomic mass is 10.3. The van der Waals surface area contributed by atoms with Crippen molar-refractivity contribution in [1.29, 1.82) is 0 Å². The molecule has 19 heavy (non-hydrogen) atoms. The Bertz CT molecular complexity index is 440. The summed E-state index contributed by atoms with van der Waals surface area (Å²) in [5, 5.41) is 17.3. The van der Waals surface area contributed by atoms with Gasteiger partial charge >= 0.3 is 18.0 Å². The van der Waals surface area contributed by atoms with E-state index in [1.54, 1.807) is 6.07 Å². The molecule has 104 valence electrons. The maximum atomic E-state index is 11.9. The molecule has 8 heteroatoms. The molecular weight excluding hydrogens is 256 g/mol. The summed E-state index contributed by atoms with van der Waals surface area (Å²) in [4.78, 5) is 35.1. The van der Waals surface area contributed by atoms with Crippen LogP contribution >= 0.6 is 0 Å². The van der Waals surface area contributed by atoms with E-state index in [1.807, 2.05) is 0 Å². The summed E-state index contributed by atoms with van der Waals surface area (Å²) >= 11 is 0. The fourth-order valence-electron chi connectivity index (χ4n) is 1.48. The zero-order chi connectivity index (χ0) is 14.4. The second-order valence-electron chi connectivity index (χ2n) is 3.91. The van der Waals surface area contributed by atoms with E-state index in [9.17, 15) is 14.4 Å². The first-order valence-electron chi connectivity index (χ1n) is 5.35. The minimum atomic E-state index is -1.27. The van der Waals surface area contributed by atoms with E-state index < -0.39 is 31.1 Å². The molecule has 0 radical (unpaired) electrons. The molecule has 0 saturated heterocycles. The van der Waals surface area contributed by atoms with Crippen LogP contribution in [0.2, 0.25) is 0 Å². The van der Waals surface area contributed by atoms with Crippen molar-refractivity contribution in [1.82, 2.24) is 9.80 Å². The number of hydrogen-bond acceptors (Lipinski definition) is 4. The number of rotatable bonds is 6. The Kier molecular flexibility index (Phi) is 4.92. The second-order valence-corrected chi connectivity index (χ2v) is 3.91. The van der Waals surface area contributed by atoms with Crippen molar-refractivity contribution in [2.75, 3.05) is 20.1 Å². The molecule has 0 aliphatic carbocycles. The highest BCUT2D eigenvalue weighted by atomic mass is 16.4. The maximum Gasteiger partial charge on any atom is 0.323 e. The second kappa shape index (κ2) is 6.43. The van der Waals surface area contributed by atoms with Crippen molar-refractivity contribution in [3.63, 3.8) is 0 Å². The normalized spacial score (nSPS) is 9.95. The molecule has 1 heterocycles. The molecule has 0 fully saturated rings. The average molecular weight is 270 g/mol. The van der Waals surface area contributed by atoms with Gasteiger partial charge in [-0.25, -0.2) is 4.79 Å². The largest absolute Gasteiger partial charge is 0.480 e. The van der Waals surface area contributed by atoms with Crippen molar-refractivity contribution in [3.05, 3.63) is 24.2 Å². The molecule has 0 aromatic carbocycles. The van der Waals surface area contributed by atoms with Crippen LogP contribution < -0.4 is 0 Å². The van der Waals surface area contributed by atoms with Crippen molar-refractivity contribution in [3.8, 4) is 0 Å². The highest BCUT2D eigenvalue weighted by Gasteiger charge is 2.22. The summed E-state index contributed by atoms with van der Waals surface area (Å²) in [6, 6.07) is 0.980. The van der Waals surface area contributed by atoms with E-state index in [1.165, 1.54) is 24.5 Å². The van der Waals surface area contributed by atoms with Crippen LogP contribution in [0.5, 0.6) is 0 Å². The van der Waals surface area contributed by atoms with Crippen LogP contribution in [0.4, 0.5) is 4.79 Å². The lowest BCUT2D eigenvalue weighted by molar-refractivity contribution is -0.140. The van der Waals surface area contributed by atoms with E-state index in [0.717, 1.165) is 10.5 Å². The quantitative estimate of drug-likeness (QED) is 0.769. The summed E-state index contributed by atoms with van der Waals surface area (Å²) in [6.45, 7) is -1.13. The molecule has 1 rings (SSSR count). The fraction of sp³-hybridized carbons (Fsp3) is 0.364. The third-order valence-corrected chi connectivity index (χ3v) is 2.25. The predicted molar refractivity (Wildman–Crippen MR) is 62.4 cm³/mol. The lowest BCUT2D eigenvalue weighted by Crippen LogP contribution is -2.45. The Morgan fingerprint density at radius 3 is 2.21 bits per heavy atom. The van der Waals surface area contributed by atoms with Crippen LogP contribution in [0.15, 0.2) is 23.0 Å². The van der Waals surface area contributed by atoms with Gasteiger partial charge in [-0.05, 0) is 6.07 Å². The molecular formula is C11H14N2O6. The van der Waals surface area contributed by atoms with E-state index >= 15 is 0 Å².